The van der Waals surface area contributed by atoms with Gasteiger partial charge in [-0.25, -0.2) is 4.98 Å². The molecule has 1 N–H and O–H groups in total. The van der Waals surface area contributed by atoms with Crippen molar-refractivity contribution in [1.82, 2.24) is 4.98 Å². The predicted octanol–water partition coefficient (Wildman–Crippen LogP) is 5.70. The highest BCUT2D eigenvalue weighted by atomic mass is 16.5. The largest absolute Gasteiger partial charge is 0.506 e. The zero-order chi connectivity index (χ0) is 20.1. The van der Waals surface area contributed by atoms with Crippen molar-refractivity contribution in [3.63, 3.8) is 0 Å². The number of fused-ring (bicyclic) bond motifs is 1. The molecule has 1 heterocycles. The third-order valence-electron chi connectivity index (χ3n) is 4.61. The summed E-state index contributed by atoms with van der Waals surface area (Å²) in [5, 5.41) is 10.9. The van der Waals surface area contributed by atoms with Crippen LogP contribution in [0.4, 0.5) is 0 Å². The average Bonchev–Trinajstić information content (AvgIpc) is 2.77. The number of pyridine rings is 1. The van der Waals surface area contributed by atoms with Crippen molar-refractivity contribution in [3.05, 3.63) is 95.7 Å². The van der Waals surface area contributed by atoms with Crippen LogP contribution in [0, 0.1) is 0 Å². The van der Waals surface area contributed by atoms with Crippen molar-refractivity contribution in [2.75, 3.05) is 7.11 Å². The van der Waals surface area contributed by atoms with Gasteiger partial charge in [0.25, 0.3) is 0 Å². The van der Waals surface area contributed by atoms with Crippen LogP contribution in [0.3, 0.4) is 0 Å². The van der Waals surface area contributed by atoms with Crippen molar-refractivity contribution in [3.8, 4) is 17.2 Å². The lowest BCUT2D eigenvalue weighted by Crippen LogP contribution is -1.99. The molecule has 0 aliphatic heterocycles. The Kier molecular flexibility index (Phi) is 5.43. The summed E-state index contributed by atoms with van der Waals surface area (Å²) in [5.41, 5.74) is 3.30. The molecule has 0 atom stereocenters. The Labute approximate surface area is 169 Å². The molecule has 0 saturated carbocycles. The fourth-order valence-corrected chi connectivity index (χ4v) is 3.12. The van der Waals surface area contributed by atoms with E-state index < -0.39 is 0 Å². The quantitative estimate of drug-likeness (QED) is 0.464. The van der Waals surface area contributed by atoms with Gasteiger partial charge in [0.2, 0.25) is 0 Å². The summed E-state index contributed by atoms with van der Waals surface area (Å²) in [6, 6.07) is 25.0. The third-order valence-corrected chi connectivity index (χ3v) is 4.61. The van der Waals surface area contributed by atoms with Crippen LogP contribution in [0.25, 0.3) is 23.1 Å². The first kappa shape index (κ1) is 18.6. The Balaban J connectivity index is 1.63. The summed E-state index contributed by atoms with van der Waals surface area (Å²) in [4.78, 5) is 4.55. The smallest absolute Gasteiger partial charge is 0.168 e. The molecule has 3 aromatic carbocycles. The molecule has 4 rings (SSSR count). The number of para-hydroxylation sites is 2. The summed E-state index contributed by atoms with van der Waals surface area (Å²) < 4.78 is 11.6. The van der Waals surface area contributed by atoms with E-state index in [4.69, 9.17) is 9.47 Å². The topological polar surface area (TPSA) is 51.6 Å². The van der Waals surface area contributed by atoms with Gasteiger partial charge >= 0.3 is 0 Å². The van der Waals surface area contributed by atoms with E-state index in [2.05, 4.69) is 4.98 Å². The fraction of sp³-hybridized carbons (Fsp3) is 0.0800. The number of hydrogen-bond acceptors (Lipinski definition) is 4. The van der Waals surface area contributed by atoms with Gasteiger partial charge in [0.1, 0.15) is 17.9 Å². The third kappa shape index (κ3) is 4.22. The second-order valence-corrected chi connectivity index (χ2v) is 6.57. The van der Waals surface area contributed by atoms with Gasteiger partial charge in [-0.15, -0.1) is 0 Å². The van der Waals surface area contributed by atoms with Crippen LogP contribution in [0.2, 0.25) is 0 Å². The number of methoxy groups -OCH3 is 1. The molecule has 4 heteroatoms. The summed E-state index contributed by atoms with van der Waals surface area (Å²) in [6.45, 7) is 0.449. The normalized spacial score (nSPS) is 11.1. The molecule has 0 saturated heterocycles. The minimum atomic E-state index is 0.172. The van der Waals surface area contributed by atoms with Crippen molar-refractivity contribution < 1.29 is 14.6 Å². The monoisotopic (exact) mass is 383 g/mol. The number of phenolic OH excluding ortho intramolecular Hbond substituents is 1. The highest BCUT2D eigenvalue weighted by molar-refractivity contribution is 5.86. The van der Waals surface area contributed by atoms with Gasteiger partial charge in [-0.2, -0.15) is 0 Å². The van der Waals surface area contributed by atoms with Crippen molar-refractivity contribution >= 4 is 23.1 Å². The van der Waals surface area contributed by atoms with E-state index in [9.17, 15) is 5.11 Å². The van der Waals surface area contributed by atoms with Gasteiger partial charge in [0, 0.05) is 10.9 Å². The highest BCUT2D eigenvalue weighted by Gasteiger charge is 2.09. The van der Waals surface area contributed by atoms with Crippen LogP contribution in [0.15, 0.2) is 78.9 Å². The predicted molar refractivity (Wildman–Crippen MR) is 116 cm³/mol. The summed E-state index contributed by atoms with van der Waals surface area (Å²) >= 11 is 0. The lowest BCUT2D eigenvalue weighted by molar-refractivity contribution is 0.284. The molecule has 0 fully saturated rings. The van der Waals surface area contributed by atoms with E-state index in [1.807, 2.05) is 84.9 Å². The SMILES string of the molecule is COc1cccc(/C=C/c2ccc3cccc(O)c3n2)c1OCc1ccccc1. The molecule has 0 spiro atoms. The number of hydrogen-bond donors (Lipinski definition) is 1. The molecule has 4 aromatic rings. The second-order valence-electron chi connectivity index (χ2n) is 6.57. The van der Waals surface area contributed by atoms with Crippen LogP contribution in [-0.4, -0.2) is 17.2 Å². The van der Waals surface area contributed by atoms with E-state index in [1.165, 1.54) is 0 Å². The lowest BCUT2D eigenvalue weighted by atomic mass is 10.1. The molecule has 0 bridgehead atoms. The molecule has 0 aliphatic carbocycles. The molecule has 29 heavy (non-hydrogen) atoms. The van der Waals surface area contributed by atoms with E-state index in [1.54, 1.807) is 13.2 Å². The van der Waals surface area contributed by atoms with E-state index >= 15 is 0 Å². The van der Waals surface area contributed by atoms with E-state index in [-0.39, 0.29) is 5.75 Å². The molecule has 0 unspecified atom stereocenters. The maximum atomic E-state index is 10.0. The molecule has 0 amide bonds. The minimum absolute atomic E-state index is 0.172. The van der Waals surface area contributed by atoms with Gasteiger partial charge < -0.3 is 14.6 Å². The Morgan fingerprint density at radius 1 is 0.862 bits per heavy atom. The first-order valence-electron chi connectivity index (χ1n) is 9.35. The zero-order valence-corrected chi connectivity index (χ0v) is 16.1. The Morgan fingerprint density at radius 3 is 2.52 bits per heavy atom. The Morgan fingerprint density at radius 2 is 1.69 bits per heavy atom. The highest BCUT2D eigenvalue weighted by Crippen LogP contribution is 2.33. The molecule has 4 nitrogen and oxygen atoms in total. The van der Waals surface area contributed by atoms with Gasteiger partial charge in [-0.3, -0.25) is 0 Å². The summed E-state index contributed by atoms with van der Waals surface area (Å²) in [5.74, 6) is 1.52. The number of rotatable bonds is 6. The number of aromatic hydroxyl groups is 1. The molecular formula is C25H21NO3. The van der Waals surface area contributed by atoms with Crippen LogP contribution in [0.5, 0.6) is 17.2 Å². The Hall–Kier alpha value is -3.79. The molecule has 0 radical (unpaired) electrons. The number of nitrogens with zero attached hydrogens (tertiary/aromatic N) is 1. The van der Waals surface area contributed by atoms with Crippen molar-refractivity contribution in [2.45, 2.75) is 6.61 Å². The van der Waals surface area contributed by atoms with Crippen molar-refractivity contribution in [1.29, 1.82) is 0 Å². The molecule has 1 aromatic heterocycles. The molecular weight excluding hydrogens is 362 g/mol. The number of benzene rings is 3. The fourth-order valence-electron chi connectivity index (χ4n) is 3.12. The number of ether oxygens (including phenoxy) is 2. The van der Waals surface area contributed by atoms with Crippen LogP contribution in [0.1, 0.15) is 16.8 Å². The number of aromatic nitrogens is 1. The first-order chi connectivity index (χ1) is 14.2. The molecule has 0 aliphatic rings. The van der Waals surface area contributed by atoms with Gasteiger partial charge in [0.05, 0.1) is 12.8 Å². The minimum Gasteiger partial charge on any atom is -0.506 e. The standard InChI is InChI=1S/C25H21NO3/c1-28-23-12-6-10-20(25(23)29-17-18-7-3-2-4-8-18)14-16-21-15-13-19-9-5-11-22(27)24(19)26-21/h2-16,27H,17H2,1H3/b16-14+. The van der Waals surface area contributed by atoms with Crippen molar-refractivity contribution in [2.24, 2.45) is 0 Å². The maximum absolute atomic E-state index is 10.0. The number of phenols is 1. The molecule has 144 valence electrons. The van der Waals surface area contributed by atoms with Gasteiger partial charge in [-0.05, 0) is 35.9 Å². The van der Waals surface area contributed by atoms with Crippen LogP contribution < -0.4 is 9.47 Å². The zero-order valence-electron chi connectivity index (χ0n) is 16.1. The summed E-state index contributed by atoms with van der Waals surface area (Å²) in [6.07, 6.45) is 3.84. The lowest BCUT2D eigenvalue weighted by Gasteiger charge is -2.13. The van der Waals surface area contributed by atoms with Crippen LogP contribution >= 0.6 is 0 Å². The second kappa shape index (κ2) is 8.48. The first-order valence-corrected chi connectivity index (χ1v) is 9.35. The van der Waals surface area contributed by atoms with Gasteiger partial charge in [-0.1, -0.05) is 60.7 Å². The summed E-state index contributed by atoms with van der Waals surface area (Å²) in [7, 11) is 1.63. The van der Waals surface area contributed by atoms with Gasteiger partial charge in [0.15, 0.2) is 11.5 Å². The van der Waals surface area contributed by atoms with E-state index in [0.29, 0.717) is 23.6 Å². The van der Waals surface area contributed by atoms with Crippen LogP contribution in [-0.2, 0) is 6.61 Å². The Bertz CT molecular complexity index is 1150. The average molecular weight is 383 g/mol. The maximum Gasteiger partial charge on any atom is 0.168 e. The van der Waals surface area contributed by atoms with E-state index in [0.717, 1.165) is 22.2 Å².